The zero-order chi connectivity index (χ0) is 20.5. The first kappa shape index (κ1) is 19.5. The van der Waals surface area contributed by atoms with E-state index >= 15 is 0 Å². The summed E-state index contributed by atoms with van der Waals surface area (Å²) in [7, 11) is 2.06. The number of anilines is 1. The number of nitrogens with one attached hydrogen (secondary N) is 1. The number of carbonyl (C=O) groups excluding carboxylic acids is 1. The minimum atomic E-state index is -0.806. The van der Waals surface area contributed by atoms with Gasteiger partial charge in [0.25, 0.3) is 5.91 Å². The Balaban J connectivity index is 1.50. The molecule has 1 amide bonds. The number of hydrogen-bond donors (Lipinski definition) is 2. The SMILES string of the molecule is Cc1onc(-c2ccccc2Cl)c1C(=O)NC[C@H](O)c1ccc2c(c1)CCN2C. The van der Waals surface area contributed by atoms with Gasteiger partial charge in [-0.15, -0.1) is 0 Å². The van der Waals surface area contributed by atoms with E-state index in [0.29, 0.717) is 27.6 Å². The van der Waals surface area contributed by atoms with Crippen LogP contribution in [0.25, 0.3) is 11.3 Å². The smallest absolute Gasteiger partial charge is 0.257 e. The van der Waals surface area contributed by atoms with Gasteiger partial charge >= 0.3 is 0 Å². The van der Waals surface area contributed by atoms with Crippen LogP contribution in [0.4, 0.5) is 5.69 Å². The number of halogens is 1. The van der Waals surface area contributed by atoms with Gasteiger partial charge < -0.3 is 19.8 Å². The van der Waals surface area contributed by atoms with Gasteiger partial charge in [-0.05, 0) is 36.6 Å². The second kappa shape index (κ2) is 7.89. The Morgan fingerprint density at radius 1 is 1.34 bits per heavy atom. The molecule has 1 aliphatic heterocycles. The molecule has 2 aromatic carbocycles. The summed E-state index contributed by atoms with van der Waals surface area (Å²) in [6, 6.07) is 13.1. The highest BCUT2D eigenvalue weighted by Gasteiger charge is 2.24. The molecule has 0 unspecified atom stereocenters. The maximum absolute atomic E-state index is 12.8. The molecular weight excluding hydrogens is 390 g/mol. The molecule has 3 aromatic rings. The van der Waals surface area contributed by atoms with E-state index in [1.54, 1.807) is 19.1 Å². The molecule has 0 radical (unpaired) electrons. The minimum absolute atomic E-state index is 0.0834. The number of likely N-dealkylation sites (N-methyl/N-ethyl adjacent to an activating group) is 1. The lowest BCUT2D eigenvalue weighted by molar-refractivity contribution is 0.0915. The molecule has 4 rings (SSSR count). The highest BCUT2D eigenvalue weighted by Crippen LogP contribution is 2.31. The van der Waals surface area contributed by atoms with E-state index < -0.39 is 6.10 Å². The molecule has 2 N–H and O–H groups in total. The number of aryl methyl sites for hydroxylation is 1. The Labute approximate surface area is 174 Å². The van der Waals surface area contributed by atoms with Gasteiger partial charge in [0.2, 0.25) is 0 Å². The van der Waals surface area contributed by atoms with E-state index in [1.165, 1.54) is 11.3 Å². The van der Waals surface area contributed by atoms with Gasteiger partial charge in [-0.1, -0.05) is 47.1 Å². The van der Waals surface area contributed by atoms with E-state index in [0.717, 1.165) is 18.5 Å². The highest BCUT2D eigenvalue weighted by molar-refractivity contribution is 6.33. The van der Waals surface area contributed by atoms with Gasteiger partial charge in [0.05, 0.1) is 11.1 Å². The monoisotopic (exact) mass is 411 g/mol. The zero-order valence-electron chi connectivity index (χ0n) is 16.3. The third kappa shape index (κ3) is 3.73. The Morgan fingerprint density at radius 2 is 2.14 bits per heavy atom. The molecule has 0 saturated carbocycles. The van der Waals surface area contributed by atoms with Crippen molar-refractivity contribution in [1.29, 1.82) is 0 Å². The van der Waals surface area contributed by atoms with E-state index in [9.17, 15) is 9.90 Å². The molecule has 6 nitrogen and oxygen atoms in total. The molecule has 0 fully saturated rings. The largest absolute Gasteiger partial charge is 0.387 e. The summed E-state index contributed by atoms with van der Waals surface area (Å²) < 4.78 is 5.24. The first-order chi connectivity index (χ1) is 14.0. The van der Waals surface area contributed by atoms with Crippen LogP contribution in [0.5, 0.6) is 0 Å². The van der Waals surface area contributed by atoms with Crippen molar-refractivity contribution in [2.75, 3.05) is 25.0 Å². The normalized spacial score (nSPS) is 14.0. The van der Waals surface area contributed by atoms with E-state index in [1.807, 2.05) is 30.3 Å². The lowest BCUT2D eigenvalue weighted by Gasteiger charge is -2.15. The highest BCUT2D eigenvalue weighted by atomic mass is 35.5. The molecule has 0 spiro atoms. The first-order valence-electron chi connectivity index (χ1n) is 9.47. The zero-order valence-corrected chi connectivity index (χ0v) is 17.0. The van der Waals surface area contributed by atoms with Gasteiger partial charge in [-0.3, -0.25) is 4.79 Å². The lowest BCUT2D eigenvalue weighted by Crippen LogP contribution is -2.29. The molecule has 7 heteroatoms. The van der Waals surface area contributed by atoms with Crippen LogP contribution in [0.2, 0.25) is 5.02 Å². The lowest BCUT2D eigenvalue weighted by atomic mass is 10.0. The van der Waals surface area contributed by atoms with Crippen molar-refractivity contribution in [2.45, 2.75) is 19.4 Å². The second-order valence-electron chi connectivity index (χ2n) is 7.23. The van der Waals surface area contributed by atoms with Crippen molar-refractivity contribution in [3.8, 4) is 11.3 Å². The van der Waals surface area contributed by atoms with Crippen molar-refractivity contribution in [3.05, 3.63) is 69.9 Å². The number of aliphatic hydroxyl groups is 1. The number of benzene rings is 2. The summed E-state index contributed by atoms with van der Waals surface area (Å²) in [6.45, 7) is 2.74. The quantitative estimate of drug-likeness (QED) is 0.668. The number of rotatable bonds is 5. The molecule has 1 atom stereocenters. The summed E-state index contributed by atoms with van der Waals surface area (Å²) >= 11 is 6.25. The van der Waals surface area contributed by atoms with E-state index in [-0.39, 0.29) is 12.5 Å². The third-order valence-corrected chi connectivity index (χ3v) is 5.62. The first-order valence-corrected chi connectivity index (χ1v) is 9.85. The topological polar surface area (TPSA) is 78.6 Å². The summed E-state index contributed by atoms with van der Waals surface area (Å²) in [6.07, 6.45) is 0.152. The molecule has 0 bridgehead atoms. The maximum Gasteiger partial charge on any atom is 0.257 e. The Kier molecular flexibility index (Phi) is 5.30. The molecule has 1 aromatic heterocycles. The Bertz CT molecular complexity index is 1060. The number of amides is 1. The van der Waals surface area contributed by atoms with Crippen molar-refractivity contribution in [1.82, 2.24) is 10.5 Å². The summed E-state index contributed by atoms with van der Waals surface area (Å²) in [5.41, 5.74) is 4.52. The molecule has 2 heterocycles. The third-order valence-electron chi connectivity index (χ3n) is 5.29. The van der Waals surface area contributed by atoms with Crippen LogP contribution >= 0.6 is 11.6 Å². The standard InChI is InChI=1S/C22H22ClN3O3/c1-13-20(21(25-29-13)16-5-3-4-6-17(16)23)22(28)24-12-19(27)15-7-8-18-14(11-15)9-10-26(18)2/h3-8,11,19,27H,9-10,12H2,1-2H3,(H,24,28)/t19-/m0/s1. The maximum atomic E-state index is 12.8. The van der Waals surface area contributed by atoms with Gasteiger partial charge in [-0.25, -0.2) is 0 Å². The number of aromatic nitrogens is 1. The predicted octanol–water partition coefficient (Wildman–Crippen LogP) is 3.76. The fourth-order valence-corrected chi connectivity index (χ4v) is 3.89. The van der Waals surface area contributed by atoms with Crippen LogP contribution in [0.1, 0.15) is 33.3 Å². The summed E-state index contributed by atoms with van der Waals surface area (Å²) in [5.74, 6) is 0.0334. The van der Waals surface area contributed by atoms with Crippen LogP contribution in [0, 0.1) is 6.92 Å². The number of carbonyl (C=O) groups is 1. The average Bonchev–Trinajstić information content (AvgIpc) is 3.28. The number of nitrogens with zero attached hydrogens (tertiary/aromatic N) is 2. The van der Waals surface area contributed by atoms with Crippen molar-refractivity contribution in [3.63, 3.8) is 0 Å². The van der Waals surface area contributed by atoms with Crippen LogP contribution in [-0.2, 0) is 6.42 Å². The molecule has 29 heavy (non-hydrogen) atoms. The Morgan fingerprint density at radius 3 is 2.93 bits per heavy atom. The van der Waals surface area contributed by atoms with Crippen molar-refractivity contribution in [2.24, 2.45) is 0 Å². The average molecular weight is 412 g/mol. The van der Waals surface area contributed by atoms with Gasteiger partial charge in [0, 0.05) is 31.4 Å². The molecule has 150 valence electrons. The molecule has 1 aliphatic rings. The van der Waals surface area contributed by atoms with E-state index in [2.05, 4.69) is 22.4 Å². The van der Waals surface area contributed by atoms with Crippen LogP contribution < -0.4 is 10.2 Å². The summed E-state index contributed by atoms with van der Waals surface area (Å²) in [5, 5.41) is 17.9. The fraction of sp³-hybridized carbons (Fsp3) is 0.273. The van der Waals surface area contributed by atoms with Gasteiger partial charge in [0.15, 0.2) is 0 Å². The second-order valence-corrected chi connectivity index (χ2v) is 7.63. The van der Waals surface area contributed by atoms with E-state index in [4.69, 9.17) is 16.1 Å². The predicted molar refractivity (Wildman–Crippen MR) is 112 cm³/mol. The number of fused-ring (bicyclic) bond motifs is 1. The van der Waals surface area contributed by atoms with Crippen molar-refractivity contribution < 1.29 is 14.4 Å². The minimum Gasteiger partial charge on any atom is -0.387 e. The Hall–Kier alpha value is -2.83. The van der Waals surface area contributed by atoms with Crippen LogP contribution in [-0.4, -0.2) is 36.3 Å². The van der Waals surface area contributed by atoms with Gasteiger partial charge in [0.1, 0.15) is 17.0 Å². The molecular formula is C22H22ClN3O3. The number of aliphatic hydroxyl groups excluding tert-OH is 1. The van der Waals surface area contributed by atoms with Gasteiger partial charge in [-0.2, -0.15) is 0 Å². The van der Waals surface area contributed by atoms with Crippen LogP contribution in [0.15, 0.2) is 47.0 Å². The number of hydrogen-bond acceptors (Lipinski definition) is 5. The van der Waals surface area contributed by atoms with Crippen molar-refractivity contribution >= 4 is 23.2 Å². The van der Waals surface area contributed by atoms with Crippen LogP contribution in [0.3, 0.4) is 0 Å². The fourth-order valence-electron chi connectivity index (χ4n) is 3.67. The molecule has 0 aliphatic carbocycles. The summed E-state index contributed by atoms with van der Waals surface area (Å²) in [4.78, 5) is 15.0. The molecule has 0 saturated heterocycles.